The van der Waals surface area contributed by atoms with E-state index in [-0.39, 0.29) is 5.91 Å². The van der Waals surface area contributed by atoms with Gasteiger partial charge < -0.3 is 14.7 Å². The number of benzene rings is 1. The zero-order valence-corrected chi connectivity index (χ0v) is 18.0. The summed E-state index contributed by atoms with van der Waals surface area (Å²) in [6.07, 6.45) is 3.70. The second-order valence-electron chi connectivity index (χ2n) is 7.69. The standard InChI is InChI=1S/C21H25Cl2N5O/c1-15-4-2-3-9-28(15)20-8-7-19(24-25-20)26-10-12-27(13-11-26)21(29)17-6-5-16(22)14-18(17)23/h5-8,14-15H,2-4,9-13H2,1H3. The molecule has 1 aromatic carbocycles. The molecule has 0 radical (unpaired) electrons. The first-order valence-electron chi connectivity index (χ1n) is 10.1. The minimum Gasteiger partial charge on any atom is -0.352 e. The number of nitrogens with zero attached hydrogens (tertiary/aromatic N) is 5. The van der Waals surface area contributed by atoms with Crippen molar-refractivity contribution < 1.29 is 4.79 Å². The Morgan fingerprint density at radius 3 is 2.34 bits per heavy atom. The van der Waals surface area contributed by atoms with Gasteiger partial charge in [0.05, 0.1) is 10.6 Å². The van der Waals surface area contributed by atoms with E-state index in [1.807, 2.05) is 11.0 Å². The molecule has 1 amide bonds. The zero-order valence-electron chi connectivity index (χ0n) is 16.5. The Kier molecular flexibility index (Phi) is 6.11. The smallest absolute Gasteiger partial charge is 0.255 e. The Morgan fingerprint density at radius 1 is 0.966 bits per heavy atom. The van der Waals surface area contributed by atoms with Gasteiger partial charge in [-0.05, 0) is 56.5 Å². The SMILES string of the molecule is CC1CCCCN1c1ccc(N2CCN(C(=O)c3ccc(Cl)cc3Cl)CC2)nn1. The van der Waals surface area contributed by atoms with E-state index in [4.69, 9.17) is 23.2 Å². The Morgan fingerprint density at radius 2 is 1.69 bits per heavy atom. The maximum atomic E-state index is 12.8. The summed E-state index contributed by atoms with van der Waals surface area (Å²) in [6.45, 7) is 5.95. The van der Waals surface area contributed by atoms with Crippen molar-refractivity contribution in [2.75, 3.05) is 42.5 Å². The average molecular weight is 434 g/mol. The fourth-order valence-corrected chi connectivity index (χ4v) is 4.54. The van der Waals surface area contributed by atoms with Crippen molar-refractivity contribution in [1.29, 1.82) is 0 Å². The van der Waals surface area contributed by atoms with Gasteiger partial charge in [-0.2, -0.15) is 0 Å². The molecule has 6 nitrogen and oxygen atoms in total. The highest BCUT2D eigenvalue weighted by atomic mass is 35.5. The third kappa shape index (κ3) is 4.43. The predicted molar refractivity (Wildman–Crippen MR) is 117 cm³/mol. The van der Waals surface area contributed by atoms with Crippen LogP contribution >= 0.6 is 23.2 Å². The molecule has 154 valence electrons. The normalized spacial score (nSPS) is 20.1. The maximum absolute atomic E-state index is 12.8. The van der Waals surface area contributed by atoms with Crippen molar-refractivity contribution in [1.82, 2.24) is 15.1 Å². The maximum Gasteiger partial charge on any atom is 0.255 e. The summed E-state index contributed by atoms with van der Waals surface area (Å²) in [4.78, 5) is 19.1. The Bertz CT molecular complexity index is 868. The molecule has 2 fully saturated rings. The van der Waals surface area contributed by atoms with Gasteiger partial charge in [-0.1, -0.05) is 23.2 Å². The summed E-state index contributed by atoms with van der Waals surface area (Å²) in [5.41, 5.74) is 0.490. The van der Waals surface area contributed by atoms with Gasteiger partial charge in [0.2, 0.25) is 0 Å². The van der Waals surface area contributed by atoms with Crippen LogP contribution in [0.3, 0.4) is 0 Å². The van der Waals surface area contributed by atoms with Crippen molar-refractivity contribution in [3.8, 4) is 0 Å². The van der Waals surface area contributed by atoms with Crippen LogP contribution in [0.25, 0.3) is 0 Å². The molecule has 2 aliphatic rings. The van der Waals surface area contributed by atoms with Crippen LogP contribution in [0.15, 0.2) is 30.3 Å². The van der Waals surface area contributed by atoms with E-state index >= 15 is 0 Å². The van der Waals surface area contributed by atoms with Gasteiger partial charge in [0.15, 0.2) is 11.6 Å². The Hall–Kier alpha value is -2.05. The summed E-state index contributed by atoms with van der Waals surface area (Å²) in [5, 5.41) is 9.84. The first-order valence-corrected chi connectivity index (χ1v) is 10.9. The van der Waals surface area contributed by atoms with Crippen LogP contribution in [-0.4, -0.2) is 59.8 Å². The first kappa shape index (κ1) is 20.2. The lowest BCUT2D eigenvalue weighted by Crippen LogP contribution is -2.49. The number of piperazine rings is 1. The number of aromatic nitrogens is 2. The average Bonchev–Trinajstić information content (AvgIpc) is 2.74. The molecular formula is C21H25Cl2N5O. The minimum absolute atomic E-state index is 0.0631. The topological polar surface area (TPSA) is 52.6 Å². The van der Waals surface area contributed by atoms with Gasteiger partial charge in [-0.15, -0.1) is 10.2 Å². The second kappa shape index (κ2) is 8.76. The second-order valence-corrected chi connectivity index (χ2v) is 8.53. The summed E-state index contributed by atoms with van der Waals surface area (Å²) in [7, 11) is 0. The number of anilines is 2. The number of rotatable bonds is 3. The van der Waals surface area contributed by atoms with Gasteiger partial charge in [0.25, 0.3) is 5.91 Å². The molecule has 2 aliphatic heterocycles. The van der Waals surface area contributed by atoms with Crippen LogP contribution in [0.4, 0.5) is 11.6 Å². The van der Waals surface area contributed by atoms with Crippen LogP contribution < -0.4 is 9.80 Å². The van der Waals surface area contributed by atoms with Gasteiger partial charge >= 0.3 is 0 Å². The van der Waals surface area contributed by atoms with E-state index in [2.05, 4.69) is 33.0 Å². The quantitative estimate of drug-likeness (QED) is 0.728. The highest BCUT2D eigenvalue weighted by molar-refractivity contribution is 6.36. The molecule has 1 unspecified atom stereocenters. The Balaban J connectivity index is 1.37. The van der Waals surface area contributed by atoms with Crippen LogP contribution in [0.5, 0.6) is 0 Å². The molecule has 1 atom stereocenters. The van der Waals surface area contributed by atoms with Gasteiger partial charge in [0.1, 0.15) is 0 Å². The molecular weight excluding hydrogens is 409 g/mol. The van der Waals surface area contributed by atoms with E-state index in [0.29, 0.717) is 47.8 Å². The fourth-order valence-electron chi connectivity index (χ4n) is 4.05. The molecule has 2 saturated heterocycles. The first-order chi connectivity index (χ1) is 14.0. The van der Waals surface area contributed by atoms with Crippen LogP contribution in [-0.2, 0) is 0 Å². The molecule has 3 heterocycles. The molecule has 8 heteroatoms. The zero-order chi connectivity index (χ0) is 20.4. The summed E-state index contributed by atoms with van der Waals surface area (Å²) in [6, 6.07) is 9.60. The molecule has 4 rings (SSSR count). The van der Waals surface area contributed by atoms with Crippen molar-refractivity contribution >= 4 is 40.7 Å². The molecule has 2 aromatic rings. The third-order valence-electron chi connectivity index (χ3n) is 5.79. The summed E-state index contributed by atoms with van der Waals surface area (Å²) >= 11 is 12.1. The summed E-state index contributed by atoms with van der Waals surface area (Å²) in [5.74, 6) is 1.74. The van der Waals surface area contributed by atoms with E-state index in [0.717, 1.165) is 18.2 Å². The molecule has 29 heavy (non-hydrogen) atoms. The van der Waals surface area contributed by atoms with Crippen molar-refractivity contribution in [2.24, 2.45) is 0 Å². The van der Waals surface area contributed by atoms with Crippen LogP contribution in [0, 0.1) is 0 Å². The number of carbonyl (C=O) groups is 1. The molecule has 0 aliphatic carbocycles. The predicted octanol–water partition coefficient (Wildman–Crippen LogP) is 4.12. The molecule has 0 bridgehead atoms. The van der Waals surface area contributed by atoms with E-state index in [9.17, 15) is 4.79 Å². The van der Waals surface area contributed by atoms with Gasteiger partial charge in [-0.25, -0.2) is 0 Å². The van der Waals surface area contributed by atoms with Gasteiger partial charge in [0, 0.05) is 43.8 Å². The number of halogens is 2. The lowest BCUT2D eigenvalue weighted by molar-refractivity contribution is 0.0746. The lowest BCUT2D eigenvalue weighted by Gasteiger charge is -2.36. The molecule has 0 spiro atoms. The number of amides is 1. The molecule has 0 N–H and O–H groups in total. The number of piperidine rings is 1. The van der Waals surface area contributed by atoms with E-state index in [1.54, 1.807) is 18.2 Å². The fraction of sp³-hybridized carbons (Fsp3) is 0.476. The Labute approximate surface area is 181 Å². The van der Waals surface area contributed by atoms with Crippen molar-refractivity contribution in [3.63, 3.8) is 0 Å². The largest absolute Gasteiger partial charge is 0.352 e. The third-order valence-corrected chi connectivity index (χ3v) is 6.33. The number of carbonyl (C=O) groups excluding carboxylic acids is 1. The van der Waals surface area contributed by atoms with E-state index in [1.165, 1.54) is 19.3 Å². The van der Waals surface area contributed by atoms with Crippen LogP contribution in [0.1, 0.15) is 36.5 Å². The van der Waals surface area contributed by atoms with Crippen molar-refractivity contribution in [2.45, 2.75) is 32.2 Å². The molecule has 0 saturated carbocycles. The van der Waals surface area contributed by atoms with Gasteiger partial charge in [-0.3, -0.25) is 4.79 Å². The molecule has 1 aromatic heterocycles. The number of hydrogen-bond donors (Lipinski definition) is 0. The van der Waals surface area contributed by atoms with E-state index < -0.39 is 0 Å². The summed E-state index contributed by atoms with van der Waals surface area (Å²) < 4.78 is 0. The van der Waals surface area contributed by atoms with Crippen molar-refractivity contribution in [3.05, 3.63) is 45.9 Å². The monoisotopic (exact) mass is 433 g/mol. The lowest BCUT2D eigenvalue weighted by atomic mass is 10.0. The number of hydrogen-bond acceptors (Lipinski definition) is 5. The van der Waals surface area contributed by atoms with Crippen LogP contribution in [0.2, 0.25) is 10.0 Å². The highest BCUT2D eigenvalue weighted by Gasteiger charge is 2.25. The highest BCUT2D eigenvalue weighted by Crippen LogP contribution is 2.25. The minimum atomic E-state index is -0.0631.